The van der Waals surface area contributed by atoms with Crippen molar-refractivity contribution in [2.24, 2.45) is 0 Å². The summed E-state index contributed by atoms with van der Waals surface area (Å²) in [6.07, 6.45) is 1.16. The topological polar surface area (TPSA) is 66.9 Å². The van der Waals surface area contributed by atoms with Gasteiger partial charge < -0.3 is 9.64 Å². The normalized spacial score (nSPS) is 14.9. The molecule has 1 heterocycles. The Hall–Kier alpha value is -3.16. The summed E-state index contributed by atoms with van der Waals surface area (Å²) in [5, 5.41) is 0. The minimum atomic E-state index is -3.26. The van der Waals surface area contributed by atoms with Crippen LogP contribution in [-0.4, -0.2) is 63.2 Å². The van der Waals surface area contributed by atoms with E-state index in [2.05, 4.69) is 53.4 Å². The first-order chi connectivity index (χ1) is 15.9. The van der Waals surface area contributed by atoms with Gasteiger partial charge in [-0.3, -0.25) is 9.69 Å². The molecule has 4 rings (SSSR count). The van der Waals surface area contributed by atoms with E-state index < -0.39 is 9.84 Å². The van der Waals surface area contributed by atoms with Crippen LogP contribution >= 0.6 is 0 Å². The summed E-state index contributed by atoms with van der Waals surface area (Å²) in [7, 11) is -3.26. The molecule has 0 atom stereocenters. The van der Waals surface area contributed by atoms with Crippen LogP contribution in [0.1, 0.15) is 17.2 Å². The summed E-state index contributed by atoms with van der Waals surface area (Å²) in [6, 6.07) is 27.2. The summed E-state index contributed by atoms with van der Waals surface area (Å²) >= 11 is 0. The molecule has 1 fully saturated rings. The molecule has 3 aromatic rings. The molecule has 6 nitrogen and oxygen atoms in total. The van der Waals surface area contributed by atoms with Crippen molar-refractivity contribution in [1.29, 1.82) is 0 Å². The number of ether oxygens (including phenoxy) is 1. The third-order valence-corrected chi connectivity index (χ3v) is 7.01. The number of nitrogens with zero attached hydrogens (tertiary/aromatic N) is 2. The van der Waals surface area contributed by atoms with E-state index in [9.17, 15) is 13.2 Å². The van der Waals surface area contributed by atoms with Gasteiger partial charge in [0.15, 0.2) is 16.4 Å². The predicted octanol–water partition coefficient (Wildman–Crippen LogP) is 3.40. The Bertz CT molecular complexity index is 1120. The fourth-order valence-corrected chi connectivity index (χ4v) is 4.76. The molecule has 0 aromatic heterocycles. The molecule has 0 N–H and O–H groups in total. The number of amides is 1. The lowest BCUT2D eigenvalue weighted by atomic mass is 9.96. The van der Waals surface area contributed by atoms with Crippen LogP contribution in [0, 0.1) is 0 Å². The Morgan fingerprint density at radius 1 is 0.818 bits per heavy atom. The van der Waals surface area contributed by atoms with E-state index in [1.807, 2.05) is 17.0 Å². The van der Waals surface area contributed by atoms with Crippen molar-refractivity contribution in [2.45, 2.75) is 10.9 Å². The zero-order valence-corrected chi connectivity index (χ0v) is 19.4. The maximum atomic E-state index is 12.7. The van der Waals surface area contributed by atoms with E-state index in [0.29, 0.717) is 18.8 Å². The minimum Gasteiger partial charge on any atom is -0.484 e. The highest BCUT2D eigenvalue weighted by molar-refractivity contribution is 7.90. The fourth-order valence-electron chi connectivity index (χ4n) is 4.13. The van der Waals surface area contributed by atoms with Gasteiger partial charge in [0.05, 0.1) is 10.9 Å². The van der Waals surface area contributed by atoms with Gasteiger partial charge in [-0.2, -0.15) is 0 Å². The average molecular weight is 465 g/mol. The number of piperazine rings is 1. The molecule has 0 bridgehead atoms. The molecule has 7 heteroatoms. The molecule has 0 saturated carbocycles. The summed E-state index contributed by atoms with van der Waals surface area (Å²) < 4.78 is 28.7. The largest absolute Gasteiger partial charge is 0.484 e. The van der Waals surface area contributed by atoms with Crippen molar-refractivity contribution in [1.82, 2.24) is 9.80 Å². The second kappa shape index (κ2) is 10.2. The van der Waals surface area contributed by atoms with Gasteiger partial charge in [-0.15, -0.1) is 0 Å². The van der Waals surface area contributed by atoms with Crippen LogP contribution < -0.4 is 4.74 Å². The number of carbonyl (C=O) groups is 1. The van der Waals surface area contributed by atoms with Crippen LogP contribution in [0.25, 0.3) is 0 Å². The van der Waals surface area contributed by atoms with Crippen LogP contribution in [0.2, 0.25) is 0 Å². The second-order valence-electron chi connectivity index (χ2n) is 8.17. The van der Waals surface area contributed by atoms with E-state index in [4.69, 9.17) is 4.74 Å². The Morgan fingerprint density at radius 2 is 1.33 bits per heavy atom. The van der Waals surface area contributed by atoms with Gasteiger partial charge in [-0.1, -0.05) is 60.7 Å². The summed E-state index contributed by atoms with van der Waals surface area (Å²) in [6.45, 7) is 2.72. The zero-order chi connectivity index (χ0) is 23.3. The van der Waals surface area contributed by atoms with Crippen LogP contribution in [-0.2, 0) is 14.6 Å². The van der Waals surface area contributed by atoms with Gasteiger partial charge in [0, 0.05) is 32.4 Å². The fraction of sp³-hybridized carbons (Fsp3) is 0.269. The van der Waals surface area contributed by atoms with Gasteiger partial charge in [0.25, 0.3) is 5.91 Å². The Labute approximate surface area is 195 Å². The average Bonchev–Trinajstić information content (AvgIpc) is 2.84. The van der Waals surface area contributed by atoms with Gasteiger partial charge in [0.1, 0.15) is 5.75 Å². The highest BCUT2D eigenvalue weighted by Gasteiger charge is 2.28. The van der Waals surface area contributed by atoms with E-state index in [-0.39, 0.29) is 23.5 Å². The lowest BCUT2D eigenvalue weighted by Gasteiger charge is -2.39. The Balaban J connectivity index is 1.36. The Kier molecular flexibility index (Phi) is 7.11. The molecular formula is C26H28N2O4S. The lowest BCUT2D eigenvalue weighted by molar-refractivity contribution is -0.135. The van der Waals surface area contributed by atoms with Crippen molar-refractivity contribution in [2.75, 3.05) is 39.0 Å². The number of sulfone groups is 1. The molecule has 1 amide bonds. The van der Waals surface area contributed by atoms with Crippen molar-refractivity contribution in [3.05, 3.63) is 96.1 Å². The van der Waals surface area contributed by atoms with Gasteiger partial charge in [-0.25, -0.2) is 8.42 Å². The van der Waals surface area contributed by atoms with Crippen LogP contribution in [0.5, 0.6) is 5.75 Å². The van der Waals surface area contributed by atoms with E-state index in [1.165, 1.54) is 23.3 Å². The first-order valence-electron chi connectivity index (χ1n) is 11.0. The summed E-state index contributed by atoms with van der Waals surface area (Å²) in [5.74, 6) is 0.403. The van der Waals surface area contributed by atoms with Crippen LogP contribution in [0.4, 0.5) is 0 Å². The maximum absolute atomic E-state index is 12.7. The van der Waals surface area contributed by atoms with Crippen molar-refractivity contribution >= 4 is 15.7 Å². The number of rotatable bonds is 7. The lowest BCUT2D eigenvalue weighted by Crippen LogP contribution is -2.51. The predicted molar refractivity (Wildman–Crippen MR) is 128 cm³/mol. The third-order valence-electron chi connectivity index (χ3n) is 5.88. The maximum Gasteiger partial charge on any atom is 0.260 e. The van der Waals surface area contributed by atoms with Crippen molar-refractivity contribution in [3.8, 4) is 5.75 Å². The molecular weight excluding hydrogens is 436 g/mol. The molecule has 1 saturated heterocycles. The highest BCUT2D eigenvalue weighted by Crippen LogP contribution is 2.29. The van der Waals surface area contributed by atoms with E-state index in [1.54, 1.807) is 12.1 Å². The molecule has 0 unspecified atom stereocenters. The molecule has 1 aliphatic rings. The van der Waals surface area contributed by atoms with Gasteiger partial charge >= 0.3 is 0 Å². The highest BCUT2D eigenvalue weighted by atomic mass is 32.2. The quantitative estimate of drug-likeness (QED) is 0.536. The molecule has 0 aliphatic carbocycles. The SMILES string of the molecule is CS(=O)(=O)c1ccc(OCC(=O)N2CCN(C(c3ccccc3)c3ccccc3)CC2)cc1. The summed E-state index contributed by atoms with van der Waals surface area (Å²) in [4.78, 5) is 17.2. The van der Waals surface area contributed by atoms with E-state index >= 15 is 0 Å². The number of benzene rings is 3. The molecule has 33 heavy (non-hydrogen) atoms. The smallest absolute Gasteiger partial charge is 0.260 e. The molecule has 172 valence electrons. The second-order valence-corrected chi connectivity index (χ2v) is 10.2. The van der Waals surface area contributed by atoms with Crippen molar-refractivity contribution in [3.63, 3.8) is 0 Å². The standard InChI is InChI=1S/C26H28N2O4S/c1-33(30,31)24-14-12-23(13-15-24)32-20-25(29)27-16-18-28(19-17-27)26(21-8-4-2-5-9-21)22-10-6-3-7-11-22/h2-15,26H,16-20H2,1H3. The minimum absolute atomic E-state index is 0.0704. The monoisotopic (exact) mass is 464 g/mol. The zero-order valence-electron chi connectivity index (χ0n) is 18.6. The van der Waals surface area contributed by atoms with Crippen LogP contribution in [0.15, 0.2) is 89.8 Å². The number of carbonyl (C=O) groups excluding carboxylic acids is 1. The number of hydrogen-bond acceptors (Lipinski definition) is 5. The number of hydrogen-bond donors (Lipinski definition) is 0. The molecule has 1 aliphatic heterocycles. The van der Waals surface area contributed by atoms with Crippen molar-refractivity contribution < 1.29 is 17.9 Å². The van der Waals surface area contributed by atoms with Gasteiger partial charge in [0.2, 0.25) is 0 Å². The molecule has 3 aromatic carbocycles. The first-order valence-corrected chi connectivity index (χ1v) is 12.9. The first kappa shape index (κ1) is 23.0. The molecule has 0 spiro atoms. The third kappa shape index (κ3) is 5.80. The summed E-state index contributed by atoms with van der Waals surface area (Å²) in [5.41, 5.74) is 2.48. The van der Waals surface area contributed by atoms with Crippen LogP contribution in [0.3, 0.4) is 0 Å². The van der Waals surface area contributed by atoms with Gasteiger partial charge in [-0.05, 0) is 35.4 Å². The Morgan fingerprint density at radius 3 is 1.82 bits per heavy atom. The molecule has 0 radical (unpaired) electrons. The van der Waals surface area contributed by atoms with E-state index in [0.717, 1.165) is 19.3 Å².